The van der Waals surface area contributed by atoms with Crippen LogP contribution < -0.4 is 0 Å². The van der Waals surface area contributed by atoms with Crippen LogP contribution in [-0.4, -0.2) is 6.21 Å². The highest BCUT2D eigenvalue weighted by Crippen LogP contribution is 2.21. The van der Waals surface area contributed by atoms with Crippen molar-refractivity contribution < 1.29 is 4.39 Å². The van der Waals surface area contributed by atoms with E-state index < -0.39 is 5.82 Å². The van der Waals surface area contributed by atoms with E-state index in [4.69, 9.17) is 11.6 Å². The minimum atomic E-state index is -0.431. The Morgan fingerprint density at radius 3 is 2.65 bits per heavy atom. The quantitative estimate of drug-likeness (QED) is 0.538. The van der Waals surface area contributed by atoms with Crippen molar-refractivity contribution in [3.05, 3.63) is 62.4 Å². The summed E-state index contributed by atoms with van der Waals surface area (Å²) in [4.78, 5) is 4.26. The smallest absolute Gasteiger partial charge is 0.141 e. The molecule has 4 heteroatoms. The van der Waals surface area contributed by atoms with Gasteiger partial charge in [-0.15, -0.1) is 0 Å². The fraction of sp³-hybridized carbons (Fsp3) is 0. The first-order chi connectivity index (χ1) is 8.16. The lowest BCUT2D eigenvalue weighted by atomic mass is 10.2. The van der Waals surface area contributed by atoms with Crippen molar-refractivity contribution in [2.45, 2.75) is 0 Å². The Morgan fingerprint density at radius 1 is 1.18 bits per heavy atom. The van der Waals surface area contributed by atoms with Crippen LogP contribution in [0.5, 0.6) is 0 Å². The van der Waals surface area contributed by atoms with Crippen LogP contribution in [0.4, 0.5) is 10.1 Å². The molecular formula is C13H8ClFIN. The second-order valence-corrected chi connectivity index (χ2v) is 4.95. The number of nitrogens with zero attached hydrogens (tertiary/aromatic N) is 1. The Hall–Kier alpha value is -0.940. The van der Waals surface area contributed by atoms with Gasteiger partial charge in [0.1, 0.15) is 5.82 Å². The number of halogens is 3. The number of benzene rings is 2. The van der Waals surface area contributed by atoms with E-state index in [2.05, 4.69) is 27.6 Å². The van der Waals surface area contributed by atoms with E-state index in [0.717, 1.165) is 9.13 Å². The van der Waals surface area contributed by atoms with Crippen LogP contribution in [0.25, 0.3) is 0 Å². The van der Waals surface area contributed by atoms with Crippen LogP contribution >= 0.6 is 34.2 Å². The Labute approximate surface area is 117 Å². The van der Waals surface area contributed by atoms with Crippen LogP contribution in [0, 0.1) is 9.39 Å². The van der Waals surface area contributed by atoms with Crippen molar-refractivity contribution in [1.82, 2.24) is 0 Å². The fourth-order valence-corrected chi connectivity index (χ4v) is 1.99. The van der Waals surface area contributed by atoms with Gasteiger partial charge in [0.2, 0.25) is 0 Å². The molecular weight excluding hydrogens is 352 g/mol. The van der Waals surface area contributed by atoms with E-state index in [1.165, 1.54) is 12.1 Å². The van der Waals surface area contributed by atoms with E-state index in [1.54, 1.807) is 12.3 Å². The summed E-state index contributed by atoms with van der Waals surface area (Å²) in [5, 5.41) is 0.0856. The number of hydrogen-bond donors (Lipinski definition) is 0. The molecule has 0 fully saturated rings. The fourth-order valence-electron chi connectivity index (χ4n) is 1.29. The second-order valence-electron chi connectivity index (χ2n) is 3.38. The summed E-state index contributed by atoms with van der Waals surface area (Å²) in [5.74, 6) is -0.431. The maximum atomic E-state index is 12.9. The van der Waals surface area contributed by atoms with Crippen molar-refractivity contribution in [2.24, 2.45) is 4.99 Å². The first kappa shape index (κ1) is 12.5. The molecule has 0 saturated heterocycles. The van der Waals surface area contributed by atoms with E-state index >= 15 is 0 Å². The predicted molar refractivity (Wildman–Crippen MR) is 77.8 cm³/mol. The molecule has 0 amide bonds. The SMILES string of the molecule is Fc1ccc(N=Cc2ccccc2I)cc1Cl. The van der Waals surface area contributed by atoms with Gasteiger partial charge in [0.15, 0.2) is 0 Å². The third-order valence-corrected chi connectivity index (χ3v) is 3.43. The van der Waals surface area contributed by atoms with Gasteiger partial charge in [-0.05, 0) is 46.9 Å². The molecule has 2 aromatic rings. The van der Waals surface area contributed by atoms with Crippen LogP contribution in [0.1, 0.15) is 5.56 Å². The third kappa shape index (κ3) is 3.26. The molecule has 0 aliphatic carbocycles. The maximum absolute atomic E-state index is 12.9. The summed E-state index contributed by atoms with van der Waals surface area (Å²) >= 11 is 7.91. The molecule has 1 nitrogen and oxygen atoms in total. The van der Waals surface area contributed by atoms with Gasteiger partial charge in [0, 0.05) is 15.3 Å². The van der Waals surface area contributed by atoms with E-state index in [1.807, 2.05) is 24.3 Å². The lowest BCUT2D eigenvalue weighted by Gasteiger charge is -1.98. The van der Waals surface area contributed by atoms with Crippen LogP contribution in [0.2, 0.25) is 5.02 Å². The number of aliphatic imine (C=N–C) groups is 1. The molecule has 17 heavy (non-hydrogen) atoms. The molecule has 0 bridgehead atoms. The topological polar surface area (TPSA) is 12.4 Å². The average Bonchev–Trinajstić information content (AvgIpc) is 2.32. The van der Waals surface area contributed by atoms with Gasteiger partial charge in [-0.1, -0.05) is 29.8 Å². The molecule has 0 N–H and O–H groups in total. The monoisotopic (exact) mass is 359 g/mol. The molecule has 0 unspecified atom stereocenters. The summed E-state index contributed by atoms with van der Waals surface area (Å²) in [5.41, 5.74) is 1.66. The molecule has 0 aromatic heterocycles. The lowest BCUT2D eigenvalue weighted by molar-refractivity contribution is 0.628. The number of rotatable bonds is 2. The van der Waals surface area contributed by atoms with Crippen LogP contribution in [-0.2, 0) is 0 Å². The standard InChI is InChI=1S/C13H8ClFIN/c14-11-7-10(5-6-12(11)15)17-8-9-3-1-2-4-13(9)16/h1-8H. The first-order valence-electron chi connectivity index (χ1n) is 4.90. The molecule has 2 rings (SSSR count). The Kier molecular flexibility index (Phi) is 4.12. The highest BCUT2D eigenvalue weighted by molar-refractivity contribution is 14.1. The van der Waals surface area contributed by atoms with Gasteiger partial charge in [0.05, 0.1) is 10.7 Å². The summed E-state index contributed by atoms with van der Waals surface area (Å²) in [7, 11) is 0. The number of hydrogen-bond acceptors (Lipinski definition) is 1. The molecule has 0 aliphatic heterocycles. The molecule has 0 aliphatic rings. The van der Waals surface area contributed by atoms with Crippen LogP contribution in [0.15, 0.2) is 47.5 Å². The van der Waals surface area contributed by atoms with Crippen molar-refractivity contribution in [1.29, 1.82) is 0 Å². The van der Waals surface area contributed by atoms with Crippen molar-refractivity contribution in [3.63, 3.8) is 0 Å². The zero-order valence-corrected chi connectivity index (χ0v) is 11.6. The Bertz CT molecular complexity index is 569. The minimum Gasteiger partial charge on any atom is -0.256 e. The average molecular weight is 360 g/mol. The van der Waals surface area contributed by atoms with Gasteiger partial charge in [-0.25, -0.2) is 4.39 Å². The molecule has 86 valence electrons. The highest BCUT2D eigenvalue weighted by Gasteiger charge is 1.99. The van der Waals surface area contributed by atoms with E-state index in [-0.39, 0.29) is 5.02 Å². The summed E-state index contributed by atoms with van der Waals surface area (Å²) in [6.07, 6.45) is 1.74. The Balaban J connectivity index is 2.26. The van der Waals surface area contributed by atoms with Gasteiger partial charge >= 0.3 is 0 Å². The highest BCUT2D eigenvalue weighted by atomic mass is 127. The van der Waals surface area contributed by atoms with E-state index in [9.17, 15) is 4.39 Å². The molecule has 0 saturated carbocycles. The molecule has 2 aromatic carbocycles. The van der Waals surface area contributed by atoms with Gasteiger partial charge < -0.3 is 0 Å². The van der Waals surface area contributed by atoms with Gasteiger partial charge in [-0.2, -0.15) is 0 Å². The lowest BCUT2D eigenvalue weighted by Crippen LogP contribution is -1.84. The van der Waals surface area contributed by atoms with Crippen molar-refractivity contribution in [3.8, 4) is 0 Å². The summed E-state index contributed by atoms with van der Waals surface area (Å²) < 4.78 is 14.1. The van der Waals surface area contributed by atoms with Gasteiger partial charge in [0.25, 0.3) is 0 Å². The van der Waals surface area contributed by atoms with Crippen molar-refractivity contribution in [2.75, 3.05) is 0 Å². The first-order valence-corrected chi connectivity index (χ1v) is 6.36. The summed E-state index contributed by atoms with van der Waals surface area (Å²) in [6.45, 7) is 0. The normalized spacial score (nSPS) is 11.0. The Morgan fingerprint density at radius 2 is 1.94 bits per heavy atom. The zero-order chi connectivity index (χ0) is 12.3. The summed E-state index contributed by atoms with van der Waals surface area (Å²) in [6, 6.07) is 12.3. The van der Waals surface area contributed by atoms with Crippen molar-refractivity contribution >= 4 is 46.1 Å². The second kappa shape index (κ2) is 5.60. The molecule has 0 atom stereocenters. The molecule has 0 heterocycles. The molecule has 0 radical (unpaired) electrons. The third-order valence-electron chi connectivity index (χ3n) is 2.16. The van der Waals surface area contributed by atoms with Gasteiger partial charge in [-0.3, -0.25) is 4.99 Å². The van der Waals surface area contributed by atoms with Crippen LogP contribution in [0.3, 0.4) is 0 Å². The predicted octanol–water partition coefficient (Wildman–Crippen LogP) is 4.83. The zero-order valence-electron chi connectivity index (χ0n) is 8.70. The van der Waals surface area contributed by atoms with E-state index in [0.29, 0.717) is 5.69 Å². The molecule has 0 spiro atoms. The largest absolute Gasteiger partial charge is 0.256 e. The maximum Gasteiger partial charge on any atom is 0.141 e. The minimum absolute atomic E-state index is 0.0856.